The van der Waals surface area contributed by atoms with Gasteiger partial charge in [0.05, 0.1) is 25.1 Å². The van der Waals surface area contributed by atoms with Crippen molar-refractivity contribution in [1.82, 2.24) is 10.3 Å². The number of ether oxygens (including phenoxy) is 3. The molecule has 0 radical (unpaired) electrons. The van der Waals surface area contributed by atoms with Gasteiger partial charge in [0.15, 0.2) is 0 Å². The normalized spacial score (nSPS) is 12.4. The van der Waals surface area contributed by atoms with Gasteiger partial charge < -0.3 is 19.5 Å². The summed E-state index contributed by atoms with van der Waals surface area (Å²) in [5.74, 6) is 0.764. The van der Waals surface area contributed by atoms with Gasteiger partial charge in [0.25, 0.3) is 0 Å². The van der Waals surface area contributed by atoms with Crippen LogP contribution in [0.2, 0.25) is 0 Å². The van der Waals surface area contributed by atoms with Crippen molar-refractivity contribution < 1.29 is 14.2 Å². The molecule has 18 heavy (non-hydrogen) atoms. The molecule has 5 nitrogen and oxygen atoms in total. The Morgan fingerprint density at radius 2 is 2.11 bits per heavy atom. The summed E-state index contributed by atoms with van der Waals surface area (Å²) in [6.07, 6.45) is 1.77. The molecule has 102 valence electrons. The summed E-state index contributed by atoms with van der Waals surface area (Å²) in [6, 6.07) is 3.88. The van der Waals surface area contributed by atoms with Gasteiger partial charge in [0.1, 0.15) is 11.9 Å². The molecule has 0 aromatic carbocycles. The second-order valence-electron chi connectivity index (χ2n) is 4.04. The summed E-state index contributed by atoms with van der Waals surface area (Å²) in [5.41, 5.74) is 0.984. The van der Waals surface area contributed by atoms with E-state index in [0.29, 0.717) is 13.2 Å². The Bertz CT molecular complexity index is 317. The molecule has 1 aromatic rings. The van der Waals surface area contributed by atoms with E-state index >= 15 is 0 Å². The van der Waals surface area contributed by atoms with Crippen molar-refractivity contribution in [2.45, 2.75) is 19.6 Å². The van der Waals surface area contributed by atoms with Crippen molar-refractivity contribution in [2.75, 3.05) is 34.0 Å². The first-order valence-electron chi connectivity index (χ1n) is 6.06. The second kappa shape index (κ2) is 8.85. The van der Waals surface area contributed by atoms with Crippen LogP contribution in [0.5, 0.6) is 5.75 Å². The molecule has 0 spiro atoms. The maximum Gasteiger partial charge on any atom is 0.138 e. The van der Waals surface area contributed by atoms with E-state index in [1.165, 1.54) is 0 Å². The van der Waals surface area contributed by atoms with Crippen molar-refractivity contribution in [3.63, 3.8) is 0 Å². The Morgan fingerprint density at radius 3 is 2.72 bits per heavy atom. The maximum atomic E-state index is 5.62. The lowest BCUT2D eigenvalue weighted by atomic mass is 10.3. The largest absolute Gasteiger partial charge is 0.487 e. The highest BCUT2D eigenvalue weighted by molar-refractivity contribution is 5.20. The van der Waals surface area contributed by atoms with Gasteiger partial charge in [-0.3, -0.25) is 4.98 Å². The molecule has 0 fully saturated rings. The predicted octanol–water partition coefficient (Wildman–Crippen LogP) is 1.23. The third-order valence-electron chi connectivity index (χ3n) is 2.33. The van der Waals surface area contributed by atoms with Crippen LogP contribution in [-0.2, 0) is 16.0 Å². The zero-order chi connectivity index (χ0) is 13.2. The van der Waals surface area contributed by atoms with E-state index in [-0.39, 0.29) is 6.10 Å². The zero-order valence-electron chi connectivity index (χ0n) is 11.3. The molecule has 1 unspecified atom stereocenters. The van der Waals surface area contributed by atoms with E-state index in [1.54, 1.807) is 20.4 Å². The van der Waals surface area contributed by atoms with Crippen LogP contribution in [0.3, 0.4) is 0 Å². The summed E-state index contributed by atoms with van der Waals surface area (Å²) in [5, 5.41) is 3.23. The minimum absolute atomic E-state index is 0.0301. The standard InChI is InChI=1S/C13H22N2O3/c1-11(10-17-3)18-13-5-4-12(15-9-13)8-14-6-7-16-2/h4-5,9,11,14H,6-8,10H2,1-3H3. The third kappa shape index (κ3) is 5.95. The molecular formula is C13H22N2O3. The van der Waals surface area contributed by atoms with Gasteiger partial charge in [0.2, 0.25) is 0 Å². The molecule has 0 aliphatic carbocycles. The smallest absolute Gasteiger partial charge is 0.138 e. The Labute approximate surface area is 108 Å². The van der Waals surface area contributed by atoms with Gasteiger partial charge in [-0.05, 0) is 19.1 Å². The molecule has 0 saturated carbocycles. The highest BCUT2D eigenvalue weighted by atomic mass is 16.5. The van der Waals surface area contributed by atoms with Crippen LogP contribution in [0.15, 0.2) is 18.3 Å². The van der Waals surface area contributed by atoms with E-state index < -0.39 is 0 Å². The number of methoxy groups -OCH3 is 2. The minimum atomic E-state index is 0.0301. The van der Waals surface area contributed by atoms with Gasteiger partial charge in [0, 0.05) is 27.3 Å². The van der Waals surface area contributed by atoms with Crippen molar-refractivity contribution in [3.8, 4) is 5.75 Å². The molecule has 1 rings (SSSR count). The van der Waals surface area contributed by atoms with E-state index in [1.807, 2.05) is 19.1 Å². The monoisotopic (exact) mass is 254 g/mol. The molecule has 0 saturated heterocycles. The molecule has 0 aliphatic rings. The second-order valence-corrected chi connectivity index (χ2v) is 4.04. The molecule has 5 heteroatoms. The van der Waals surface area contributed by atoms with Gasteiger partial charge in [-0.15, -0.1) is 0 Å². The topological polar surface area (TPSA) is 52.6 Å². The molecule has 1 aromatic heterocycles. The quantitative estimate of drug-likeness (QED) is 0.672. The van der Waals surface area contributed by atoms with E-state index in [0.717, 1.165) is 24.5 Å². The average Bonchev–Trinajstić information content (AvgIpc) is 2.37. The zero-order valence-corrected chi connectivity index (χ0v) is 11.3. The predicted molar refractivity (Wildman–Crippen MR) is 69.8 cm³/mol. The first kappa shape index (κ1) is 14.9. The Kier molecular flexibility index (Phi) is 7.32. The summed E-state index contributed by atoms with van der Waals surface area (Å²) >= 11 is 0. The molecule has 0 bridgehead atoms. The fourth-order valence-electron chi connectivity index (χ4n) is 1.48. The average molecular weight is 254 g/mol. The summed E-state index contributed by atoms with van der Waals surface area (Å²) < 4.78 is 15.6. The SMILES string of the molecule is COCCNCc1ccc(OC(C)COC)cn1. The summed E-state index contributed by atoms with van der Waals surface area (Å²) in [6.45, 7) is 4.79. The number of hydrogen-bond donors (Lipinski definition) is 1. The Morgan fingerprint density at radius 1 is 1.28 bits per heavy atom. The lowest BCUT2D eigenvalue weighted by molar-refractivity contribution is 0.0918. The lowest BCUT2D eigenvalue weighted by Gasteiger charge is -2.13. The number of rotatable bonds is 9. The summed E-state index contributed by atoms with van der Waals surface area (Å²) in [4.78, 5) is 4.32. The van der Waals surface area contributed by atoms with E-state index in [4.69, 9.17) is 14.2 Å². The van der Waals surface area contributed by atoms with Crippen LogP contribution >= 0.6 is 0 Å². The highest BCUT2D eigenvalue weighted by Crippen LogP contribution is 2.11. The fourth-order valence-corrected chi connectivity index (χ4v) is 1.48. The van der Waals surface area contributed by atoms with Gasteiger partial charge in [-0.1, -0.05) is 0 Å². The van der Waals surface area contributed by atoms with Gasteiger partial charge >= 0.3 is 0 Å². The van der Waals surface area contributed by atoms with Crippen LogP contribution in [0.25, 0.3) is 0 Å². The highest BCUT2D eigenvalue weighted by Gasteiger charge is 2.03. The Balaban J connectivity index is 2.33. The summed E-state index contributed by atoms with van der Waals surface area (Å²) in [7, 11) is 3.35. The van der Waals surface area contributed by atoms with E-state index in [9.17, 15) is 0 Å². The number of nitrogens with one attached hydrogen (secondary N) is 1. The first-order valence-corrected chi connectivity index (χ1v) is 6.06. The molecule has 1 atom stereocenters. The number of nitrogens with zero attached hydrogens (tertiary/aromatic N) is 1. The molecule has 0 amide bonds. The van der Waals surface area contributed by atoms with E-state index in [2.05, 4.69) is 10.3 Å². The van der Waals surface area contributed by atoms with Crippen LogP contribution in [0, 0.1) is 0 Å². The minimum Gasteiger partial charge on any atom is -0.487 e. The molecule has 1 N–H and O–H groups in total. The maximum absolute atomic E-state index is 5.62. The van der Waals surface area contributed by atoms with Crippen LogP contribution in [0.4, 0.5) is 0 Å². The lowest BCUT2D eigenvalue weighted by Crippen LogP contribution is -2.19. The molecule has 0 aliphatic heterocycles. The van der Waals surface area contributed by atoms with Crippen molar-refractivity contribution in [3.05, 3.63) is 24.0 Å². The van der Waals surface area contributed by atoms with Crippen LogP contribution in [-0.4, -0.2) is 45.1 Å². The van der Waals surface area contributed by atoms with Gasteiger partial charge in [-0.25, -0.2) is 0 Å². The van der Waals surface area contributed by atoms with Gasteiger partial charge in [-0.2, -0.15) is 0 Å². The van der Waals surface area contributed by atoms with Crippen LogP contribution < -0.4 is 10.1 Å². The number of pyridine rings is 1. The van der Waals surface area contributed by atoms with Crippen molar-refractivity contribution in [2.24, 2.45) is 0 Å². The fraction of sp³-hybridized carbons (Fsp3) is 0.615. The molecular weight excluding hydrogens is 232 g/mol. The molecule has 1 heterocycles. The Hall–Kier alpha value is -1.17. The van der Waals surface area contributed by atoms with Crippen molar-refractivity contribution in [1.29, 1.82) is 0 Å². The van der Waals surface area contributed by atoms with Crippen LogP contribution in [0.1, 0.15) is 12.6 Å². The number of hydrogen-bond acceptors (Lipinski definition) is 5. The van der Waals surface area contributed by atoms with Crippen molar-refractivity contribution >= 4 is 0 Å². The third-order valence-corrected chi connectivity index (χ3v) is 2.33. The number of aromatic nitrogens is 1. The first-order chi connectivity index (χ1) is 8.76.